The molecule has 0 N–H and O–H groups in total. The number of methoxy groups -OCH3 is 4. The van der Waals surface area contributed by atoms with Crippen LogP contribution in [0, 0.1) is 0 Å². The second-order valence-corrected chi connectivity index (χ2v) is 16.7. The summed E-state index contributed by atoms with van der Waals surface area (Å²) in [6, 6.07) is 33.0. The maximum absolute atomic E-state index is 5.86. The molecule has 0 spiro atoms. The number of hydrogen-bond donors (Lipinski definition) is 0. The minimum absolute atomic E-state index is 0.472. The number of ether oxygens (including phenoxy) is 4. The predicted octanol–water partition coefficient (Wildman–Crippen LogP) is 5.74. The van der Waals surface area contributed by atoms with Crippen molar-refractivity contribution in [3.8, 4) is 23.0 Å². The van der Waals surface area contributed by atoms with Crippen LogP contribution in [-0.2, 0) is 16.5 Å². The molecule has 0 heterocycles. The van der Waals surface area contributed by atoms with Crippen molar-refractivity contribution in [2.45, 2.75) is 0 Å². The zero-order chi connectivity index (χ0) is 29.8. The van der Waals surface area contributed by atoms with Gasteiger partial charge in [0.25, 0.3) is 0 Å². The summed E-state index contributed by atoms with van der Waals surface area (Å²) >= 11 is -0.472. The Morgan fingerprint density at radius 2 is 0.659 bits per heavy atom. The monoisotopic (exact) mass is 815 g/mol. The van der Waals surface area contributed by atoms with Crippen molar-refractivity contribution in [1.82, 2.24) is 9.56 Å². The van der Waals surface area contributed by atoms with Crippen LogP contribution in [0.3, 0.4) is 0 Å². The van der Waals surface area contributed by atoms with E-state index in [1.165, 1.54) is 0 Å². The van der Waals surface area contributed by atoms with Gasteiger partial charge in [0, 0.05) is 14.1 Å². The molecule has 0 saturated carbocycles. The Morgan fingerprint density at radius 3 is 0.854 bits per heavy atom. The standard InChI is InChI=1S/C30H34N2O4P2.2ClH.Pt/c1-31(37(27-19-11-7-15-23(27)33-3)28-20-12-8-16-24(28)34-4)32(2)38(29-21-13-9-17-25(29)35-5)30-22-14-10-18-26(30)36-6;;;/h7-22H,1-6H3;2*1H;/q;;;+2. The summed E-state index contributed by atoms with van der Waals surface area (Å²) < 4.78 is 28.2. The van der Waals surface area contributed by atoms with Crippen LogP contribution in [0.4, 0.5) is 0 Å². The van der Waals surface area contributed by atoms with Gasteiger partial charge in [-0.3, -0.25) is 0 Å². The van der Waals surface area contributed by atoms with Crippen molar-refractivity contribution in [2.75, 3.05) is 42.5 Å². The van der Waals surface area contributed by atoms with Gasteiger partial charge in [0.05, 0.1) is 28.4 Å². The van der Waals surface area contributed by atoms with Crippen LogP contribution in [0.5, 0.6) is 23.0 Å². The maximum atomic E-state index is 5.86. The summed E-state index contributed by atoms with van der Waals surface area (Å²) in [4.78, 5) is 0. The average molecular weight is 817 g/mol. The van der Waals surface area contributed by atoms with Crippen LogP contribution in [0.15, 0.2) is 97.1 Å². The second-order valence-electron chi connectivity index (χ2n) is 8.59. The van der Waals surface area contributed by atoms with E-state index in [2.05, 4.69) is 72.2 Å². The summed E-state index contributed by atoms with van der Waals surface area (Å²) in [5, 5.41) is 4.56. The fourth-order valence-electron chi connectivity index (χ4n) is 4.65. The third-order valence-corrected chi connectivity index (χ3v) is 12.3. The van der Waals surface area contributed by atoms with Gasteiger partial charge in [-0.25, -0.2) is 0 Å². The van der Waals surface area contributed by atoms with Gasteiger partial charge in [-0.1, -0.05) is 58.1 Å². The second kappa shape index (κ2) is 17.3. The molecule has 0 aliphatic carbocycles. The molecule has 0 radical (unpaired) electrons. The van der Waals surface area contributed by atoms with Gasteiger partial charge in [0.1, 0.15) is 0 Å². The van der Waals surface area contributed by atoms with Crippen LogP contribution in [0.1, 0.15) is 0 Å². The van der Waals surface area contributed by atoms with Crippen molar-refractivity contribution >= 4 is 56.2 Å². The van der Waals surface area contributed by atoms with Crippen LogP contribution < -0.4 is 40.2 Å². The Hall–Kier alpha value is -1.87. The summed E-state index contributed by atoms with van der Waals surface area (Å²) in [7, 11) is 17.8. The molecule has 0 amide bonds. The van der Waals surface area contributed by atoms with Gasteiger partial charge >= 0.3 is 35.3 Å². The fraction of sp³-hybridized carbons (Fsp3) is 0.200. The average Bonchev–Trinajstić information content (AvgIpc) is 3.02. The molecular weight excluding hydrogens is 780 g/mol. The van der Waals surface area contributed by atoms with E-state index in [4.69, 9.17) is 37.8 Å². The molecule has 0 fully saturated rings. The minimum atomic E-state index is -1.60. The number of nitrogens with zero attached hydrogens (tertiary/aromatic N) is 2. The number of halogens is 2. The SMILES string of the molecule is COc1ccccc1[PH+](c1ccccc1OC)N(C)N(C)[PH+](c1ccccc1OC)c1ccccc1OC.[Cl][Pt][Cl]. The normalized spacial score (nSPS) is 11.0. The Morgan fingerprint density at radius 1 is 0.463 bits per heavy atom. The number of hydrazine groups is 1. The molecule has 4 aromatic rings. The Kier molecular flexibility index (Phi) is 14.2. The Bertz CT molecular complexity index is 1190. The molecule has 0 bridgehead atoms. The van der Waals surface area contributed by atoms with Gasteiger partial charge in [-0.05, 0) is 48.5 Å². The van der Waals surface area contributed by atoms with Crippen molar-refractivity contribution in [1.29, 1.82) is 0 Å². The van der Waals surface area contributed by atoms with Crippen molar-refractivity contribution in [3.63, 3.8) is 0 Å². The van der Waals surface area contributed by atoms with Gasteiger partial charge in [0.15, 0.2) is 60.4 Å². The fourth-order valence-corrected chi connectivity index (χ4v) is 10.5. The van der Waals surface area contributed by atoms with E-state index in [1.54, 1.807) is 28.4 Å². The zero-order valence-corrected chi connectivity index (χ0v) is 29.6. The van der Waals surface area contributed by atoms with Crippen LogP contribution in [-0.4, -0.2) is 52.1 Å². The molecule has 222 valence electrons. The molecule has 0 unspecified atom stereocenters. The first-order valence-corrected chi connectivity index (χ1v) is 21.1. The molecular formula is C30H36Cl2N2O4P2Pt+2. The van der Waals surface area contributed by atoms with E-state index in [0.717, 1.165) is 44.2 Å². The number of para-hydroxylation sites is 4. The molecule has 0 aliphatic rings. The van der Waals surface area contributed by atoms with Crippen LogP contribution in [0.2, 0.25) is 0 Å². The van der Waals surface area contributed by atoms with Crippen molar-refractivity contribution in [2.24, 2.45) is 0 Å². The molecule has 11 heteroatoms. The quantitative estimate of drug-likeness (QED) is 0.142. The molecule has 0 aromatic heterocycles. The summed E-state index contributed by atoms with van der Waals surface area (Å²) in [5.74, 6) is 3.43. The molecule has 0 atom stereocenters. The first-order chi connectivity index (χ1) is 20.0. The third kappa shape index (κ3) is 8.15. The molecule has 4 aromatic carbocycles. The summed E-state index contributed by atoms with van der Waals surface area (Å²) in [5.41, 5.74) is 0. The van der Waals surface area contributed by atoms with E-state index in [1.807, 2.05) is 48.5 Å². The van der Waals surface area contributed by atoms with E-state index >= 15 is 0 Å². The molecule has 0 aliphatic heterocycles. The van der Waals surface area contributed by atoms with Crippen LogP contribution in [0.25, 0.3) is 0 Å². The molecule has 41 heavy (non-hydrogen) atoms. The number of rotatable bonds is 11. The van der Waals surface area contributed by atoms with Gasteiger partial charge < -0.3 is 18.9 Å². The van der Waals surface area contributed by atoms with Gasteiger partial charge in [-0.2, -0.15) is 0 Å². The number of benzene rings is 4. The number of hydrogen-bond acceptors (Lipinski definition) is 6. The van der Waals surface area contributed by atoms with Gasteiger partial charge in [-0.15, -0.1) is 0 Å². The predicted molar refractivity (Wildman–Crippen MR) is 174 cm³/mol. The van der Waals surface area contributed by atoms with Crippen molar-refractivity contribution < 1.29 is 35.4 Å². The van der Waals surface area contributed by atoms with E-state index < -0.39 is 32.6 Å². The van der Waals surface area contributed by atoms with Crippen LogP contribution >= 0.6 is 35.0 Å². The first kappa shape index (κ1) is 33.6. The third-order valence-electron chi connectivity index (χ3n) is 6.55. The van der Waals surface area contributed by atoms with Crippen molar-refractivity contribution in [3.05, 3.63) is 97.1 Å². The van der Waals surface area contributed by atoms with E-state index in [0.29, 0.717) is 0 Å². The molecule has 6 nitrogen and oxygen atoms in total. The molecule has 0 saturated heterocycles. The Labute approximate surface area is 262 Å². The summed E-state index contributed by atoms with van der Waals surface area (Å²) in [6.07, 6.45) is 0. The van der Waals surface area contributed by atoms with E-state index in [9.17, 15) is 0 Å². The van der Waals surface area contributed by atoms with Gasteiger partial charge in [0.2, 0.25) is 0 Å². The van der Waals surface area contributed by atoms with E-state index in [-0.39, 0.29) is 0 Å². The first-order valence-electron chi connectivity index (χ1n) is 12.5. The topological polar surface area (TPSA) is 43.4 Å². The summed E-state index contributed by atoms with van der Waals surface area (Å²) in [6.45, 7) is 0. The molecule has 4 rings (SSSR count). The zero-order valence-electron chi connectivity index (χ0n) is 23.8. The Balaban J connectivity index is 0.00000147.